The number of alkyl halides is 3. The van der Waals surface area contributed by atoms with Crippen LogP contribution >= 0.6 is 11.6 Å². The van der Waals surface area contributed by atoms with Gasteiger partial charge in [0.2, 0.25) is 11.8 Å². The summed E-state index contributed by atoms with van der Waals surface area (Å²) in [4.78, 5) is 3.84. The number of pyridine rings is 1. The van der Waals surface area contributed by atoms with Crippen LogP contribution in [0.3, 0.4) is 0 Å². The van der Waals surface area contributed by atoms with Gasteiger partial charge in [0.1, 0.15) is 11.4 Å². The predicted molar refractivity (Wildman–Crippen MR) is 80.0 cm³/mol. The maximum absolute atomic E-state index is 12.5. The predicted octanol–water partition coefficient (Wildman–Crippen LogP) is 4.21. The monoisotopic (exact) mass is 343 g/mol. The molecule has 0 bridgehead atoms. The highest BCUT2D eigenvalue weighted by molar-refractivity contribution is 6.33. The molecule has 0 aliphatic carbocycles. The number of nitrogens with two attached hydrogens (primary N) is 2. The summed E-state index contributed by atoms with van der Waals surface area (Å²) < 4.78 is 46.7. The molecule has 0 saturated carbocycles. The van der Waals surface area contributed by atoms with Crippen molar-refractivity contribution >= 4 is 34.1 Å². The van der Waals surface area contributed by atoms with E-state index in [0.29, 0.717) is 5.56 Å². The van der Waals surface area contributed by atoms with E-state index < -0.39 is 12.2 Å². The number of anilines is 2. The maximum Gasteiger partial charge on any atom is 0.574 e. The Hall–Kier alpha value is -2.61. The van der Waals surface area contributed by atoms with Crippen molar-refractivity contribution in [2.75, 3.05) is 11.5 Å². The number of aromatic nitrogens is 1. The Morgan fingerprint density at radius 2 is 1.87 bits per heavy atom. The third kappa shape index (κ3) is 2.85. The van der Waals surface area contributed by atoms with Crippen molar-refractivity contribution in [2.45, 2.75) is 6.36 Å². The Kier molecular flexibility index (Phi) is 3.48. The molecule has 3 rings (SSSR count). The first kappa shape index (κ1) is 15.3. The summed E-state index contributed by atoms with van der Waals surface area (Å²) in [6.07, 6.45) is -4.90. The lowest BCUT2D eigenvalue weighted by Crippen LogP contribution is -2.18. The number of hydrogen-bond acceptors (Lipinski definition) is 5. The van der Waals surface area contributed by atoms with Crippen LogP contribution in [-0.2, 0) is 0 Å². The molecule has 2 aromatic heterocycles. The molecule has 0 atom stereocenters. The Morgan fingerprint density at radius 3 is 2.52 bits per heavy atom. The van der Waals surface area contributed by atoms with Gasteiger partial charge in [-0.1, -0.05) is 29.8 Å². The third-order valence-electron chi connectivity index (χ3n) is 3.07. The fourth-order valence-corrected chi connectivity index (χ4v) is 2.34. The van der Waals surface area contributed by atoms with Crippen molar-refractivity contribution in [3.05, 3.63) is 35.4 Å². The fourth-order valence-electron chi connectivity index (χ4n) is 2.12. The zero-order valence-corrected chi connectivity index (χ0v) is 12.1. The topological polar surface area (TPSA) is 87.3 Å². The molecular formula is C14H9ClF3N3O2. The van der Waals surface area contributed by atoms with Gasteiger partial charge in [0.15, 0.2) is 5.58 Å². The average molecular weight is 344 g/mol. The van der Waals surface area contributed by atoms with Crippen LogP contribution in [0.1, 0.15) is 0 Å². The molecule has 1 aromatic carbocycles. The van der Waals surface area contributed by atoms with Crippen LogP contribution in [0.25, 0.3) is 22.2 Å². The first-order valence-electron chi connectivity index (χ1n) is 6.25. The maximum atomic E-state index is 12.5. The normalized spacial score (nSPS) is 11.8. The standard InChI is InChI=1S/C14H9ClF3N3O2/c15-8-4-2-1-3-6(8)11-12-7(10(19)13(20)22-12)5-9(21-11)23-14(16,17)18/h1-5H,19-20H2. The van der Waals surface area contributed by atoms with E-state index in [2.05, 4.69) is 9.72 Å². The minimum Gasteiger partial charge on any atom is -0.436 e. The molecule has 4 N–H and O–H groups in total. The quantitative estimate of drug-likeness (QED) is 0.727. The molecule has 5 nitrogen and oxygen atoms in total. The van der Waals surface area contributed by atoms with Gasteiger partial charge in [-0.05, 0) is 6.07 Å². The molecule has 2 heterocycles. The van der Waals surface area contributed by atoms with E-state index in [1.807, 2.05) is 0 Å². The molecule has 0 unspecified atom stereocenters. The van der Waals surface area contributed by atoms with Crippen LogP contribution in [0.5, 0.6) is 5.88 Å². The Morgan fingerprint density at radius 1 is 1.17 bits per heavy atom. The van der Waals surface area contributed by atoms with Crippen molar-refractivity contribution < 1.29 is 22.3 Å². The van der Waals surface area contributed by atoms with Crippen molar-refractivity contribution in [3.63, 3.8) is 0 Å². The van der Waals surface area contributed by atoms with E-state index in [9.17, 15) is 13.2 Å². The van der Waals surface area contributed by atoms with E-state index in [0.717, 1.165) is 6.07 Å². The molecule has 0 radical (unpaired) electrons. The van der Waals surface area contributed by atoms with Crippen molar-refractivity contribution in [3.8, 4) is 17.1 Å². The van der Waals surface area contributed by atoms with Crippen LogP contribution in [0.2, 0.25) is 5.02 Å². The number of fused-ring (bicyclic) bond motifs is 1. The summed E-state index contributed by atoms with van der Waals surface area (Å²) in [5.41, 5.74) is 11.9. The minimum absolute atomic E-state index is 0.00253. The molecule has 3 aromatic rings. The van der Waals surface area contributed by atoms with E-state index >= 15 is 0 Å². The second kappa shape index (κ2) is 5.24. The summed E-state index contributed by atoms with van der Waals surface area (Å²) in [6, 6.07) is 7.48. The molecule has 0 amide bonds. The summed E-state index contributed by atoms with van der Waals surface area (Å²) in [5, 5.41) is 0.436. The number of benzene rings is 1. The van der Waals surface area contributed by atoms with Gasteiger partial charge < -0.3 is 20.6 Å². The van der Waals surface area contributed by atoms with Crippen molar-refractivity contribution in [1.82, 2.24) is 4.98 Å². The van der Waals surface area contributed by atoms with Gasteiger partial charge in [-0.25, -0.2) is 4.98 Å². The van der Waals surface area contributed by atoms with Gasteiger partial charge in [0, 0.05) is 11.6 Å². The third-order valence-corrected chi connectivity index (χ3v) is 3.40. The lowest BCUT2D eigenvalue weighted by molar-refractivity contribution is -0.276. The number of furan rings is 1. The number of nitrogens with zero attached hydrogens (tertiary/aromatic N) is 1. The summed E-state index contributed by atoms with van der Waals surface area (Å²) in [7, 11) is 0. The lowest BCUT2D eigenvalue weighted by atomic mass is 10.1. The van der Waals surface area contributed by atoms with Crippen LogP contribution < -0.4 is 16.2 Å². The van der Waals surface area contributed by atoms with E-state index in [-0.39, 0.29) is 33.3 Å². The highest BCUT2D eigenvalue weighted by Crippen LogP contribution is 2.40. The zero-order chi connectivity index (χ0) is 16.8. The number of hydrogen-bond donors (Lipinski definition) is 2. The molecular weight excluding hydrogens is 335 g/mol. The van der Waals surface area contributed by atoms with E-state index in [4.69, 9.17) is 27.5 Å². The molecule has 120 valence electrons. The van der Waals surface area contributed by atoms with Crippen LogP contribution in [0, 0.1) is 0 Å². The molecule has 23 heavy (non-hydrogen) atoms. The SMILES string of the molecule is Nc1oc2c(-c3ccccc3Cl)nc(OC(F)(F)F)cc2c1N. The van der Waals surface area contributed by atoms with Crippen LogP contribution in [0.4, 0.5) is 24.7 Å². The van der Waals surface area contributed by atoms with Gasteiger partial charge >= 0.3 is 6.36 Å². The van der Waals surface area contributed by atoms with Gasteiger partial charge in [-0.3, -0.25) is 0 Å². The van der Waals surface area contributed by atoms with Crippen molar-refractivity contribution in [2.24, 2.45) is 0 Å². The molecule has 9 heteroatoms. The number of halogens is 4. The highest BCUT2D eigenvalue weighted by Gasteiger charge is 2.33. The summed E-state index contributed by atoms with van der Waals surface area (Å²) in [6.45, 7) is 0. The molecule has 0 spiro atoms. The molecule has 0 fully saturated rings. The lowest BCUT2D eigenvalue weighted by Gasteiger charge is -2.10. The summed E-state index contributed by atoms with van der Waals surface area (Å²) in [5.74, 6) is -0.813. The highest BCUT2D eigenvalue weighted by atomic mass is 35.5. The summed E-state index contributed by atoms with van der Waals surface area (Å²) >= 11 is 6.08. The zero-order valence-electron chi connectivity index (χ0n) is 11.3. The largest absolute Gasteiger partial charge is 0.574 e. The fraction of sp³-hybridized carbons (Fsp3) is 0.0714. The second-order valence-corrected chi connectivity index (χ2v) is 5.00. The Balaban J connectivity index is 2.31. The second-order valence-electron chi connectivity index (χ2n) is 4.59. The molecule has 0 aliphatic heterocycles. The van der Waals surface area contributed by atoms with Crippen LogP contribution in [0.15, 0.2) is 34.7 Å². The van der Waals surface area contributed by atoms with E-state index in [1.165, 1.54) is 0 Å². The first-order valence-corrected chi connectivity index (χ1v) is 6.63. The number of nitrogen functional groups attached to an aromatic ring is 2. The Bertz CT molecular complexity index is 893. The van der Waals surface area contributed by atoms with Crippen LogP contribution in [-0.4, -0.2) is 11.3 Å². The Labute approximate surface area is 132 Å². The van der Waals surface area contributed by atoms with Gasteiger partial charge in [-0.2, -0.15) is 0 Å². The number of ether oxygens (including phenoxy) is 1. The van der Waals surface area contributed by atoms with Gasteiger partial charge in [0.25, 0.3) is 0 Å². The number of rotatable bonds is 2. The van der Waals surface area contributed by atoms with E-state index in [1.54, 1.807) is 24.3 Å². The average Bonchev–Trinajstić information content (AvgIpc) is 2.73. The smallest absolute Gasteiger partial charge is 0.436 e. The molecule has 0 aliphatic rings. The molecule has 0 saturated heterocycles. The minimum atomic E-state index is -4.90. The van der Waals surface area contributed by atoms with Gasteiger partial charge in [0.05, 0.1) is 10.4 Å². The first-order chi connectivity index (χ1) is 10.8. The van der Waals surface area contributed by atoms with Crippen molar-refractivity contribution in [1.29, 1.82) is 0 Å². The van der Waals surface area contributed by atoms with Gasteiger partial charge in [-0.15, -0.1) is 13.2 Å².